The highest BCUT2D eigenvalue weighted by atomic mass is 35.5. The van der Waals surface area contributed by atoms with Crippen molar-refractivity contribution in [2.24, 2.45) is 11.7 Å². The van der Waals surface area contributed by atoms with Gasteiger partial charge in [-0.05, 0) is 31.6 Å². The first-order chi connectivity index (χ1) is 8.24. The van der Waals surface area contributed by atoms with Crippen LogP contribution in [0.1, 0.15) is 47.1 Å². The van der Waals surface area contributed by atoms with E-state index in [-0.39, 0.29) is 36.8 Å². The summed E-state index contributed by atoms with van der Waals surface area (Å²) in [5.74, 6) is 1.16. The number of hydrogen-bond acceptors (Lipinski definition) is 4. The van der Waals surface area contributed by atoms with Crippen LogP contribution in [0.5, 0.6) is 0 Å². The fourth-order valence-corrected chi connectivity index (χ4v) is 2.87. The molecule has 3 N–H and O–H groups in total. The maximum atomic E-state index is 11.8. The summed E-state index contributed by atoms with van der Waals surface area (Å²) in [5, 5.41) is 5.84. The molecule has 2 aliphatic carbocycles. The molecule has 0 bridgehead atoms. The summed E-state index contributed by atoms with van der Waals surface area (Å²) in [5.41, 5.74) is 6.49. The van der Waals surface area contributed by atoms with Crippen molar-refractivity contribution < 1.29 is 4.79 Å². The molecular weight excluding hydrogens is 305 g/mol. The van der Waals surface area contributed by atoms with E-state index in [0.717, 1.165) is 5.01 Å². The van der Waals surface area contributed by atoms with Crippen molar-refractivity contribution in [2.75, 3.05) is 6.54 Å². The van der Waals surface area contributed by atoms with Gasteiger partial charge in [-0.1, -0.05) is 0 Å². The van der Waals surface area contributed by atoms with Crippen molar-refractivity contribution in [2.45, 2.75) is 37.6 Å². The predicted octanol–water partition coefficient (Wildman–Crippen LogP) is 2.33. The van der Waals surface area contributed by atoms with Crippen LogP contribution < -0.4 is 11.1 Å². The highest BCUT2D eigenvalue weighted by Gasteiger charge is 2.29. The van der Waals surface area contributed by atoms with Gasteiger partial charge in [0.1, 0.15) is 5.69 Å². The lowest BCUT2D eigenvalue weighted by Crippen LogP contribution is -2.38. The number of thiazole rings is 1. The predicted molar refractivity (Wildman–Crippen MR) is 81.6 cm³/mol. The number of halogens is 2. The van der Waals surface area contributed by atoms with Crippen LogP contribution in [0.3, 0.4) is 0 Å². The van der Waals surface area contributed by atoms with Gasteiger partial charge in [0.05, 0.1) is 5.01 Å². The smallest absolute Gasteiger partial charge is 0.270 e. The van der Waals surface area contributed by atoms with E-state index in [9.17, 15) is 4.79 Å². The lowest BCUT2D eigenvalue weighted by Gasteiger charge is -2.10. The van der Waals surface area contributed by atoms with E-state index < -0.39 is 0 Å². The summed E-state index contributed by atoms with van der Waals surface area (Å²) in [4.78, 5) is 16.2. The van der Waals surface area contributed by atoms with Gasteiger partial charge in [-0.3, -0.25) is 4.79 Å². The molecule has 19 heavy (non-hydrogen) atoms. The number of amides is 1. The Morgan fingerprint density at radius 2 is 2.11 bits per heavy atom. The summed E-state index contributed by atoms with van der Waals surface area (Å²) in [6, 6.07) is 0.112. The van der Waals surface area contributed by atoms with Crippen LogP contribution >= 0.6 is 36.2 Å². The average molecular weight is 324 g/mol. The molecule has 1 aromatic rings. The van der Waals surface area contributed by atoms with Gasteiger partial charge in [-0.25, -0.2) is 4.98 Å². The Hall–Kier alpha value is -0.360. The Morgan fingerprint density at radius 1 is 1.42 bits per heavy atom. The van der Waals surface area contributed by atoms with Gasteiger partial charge in [0, 0.05) is 23.9 Å². The standard InChI is InChI=1S/C12H17N3OS.2ClH/c13-9(7-1-2-7)5-14-11(16)10-6-17-12(15-10)8-3-4-8;;/h6-9H,1-5,13H2,(H,14,16);2*1H. The Bertz CT molecular complexity index is 432. The Kier molecular flexibility index (Phi) is 6.05. The maximum absolute atomic E-state index is 11.8. The van der Waals surface area contributed by atoms with E-state index in [0.29, 0.717) is 24.1 Å². The van der Waals surface area contributed by atoms with Crippen LogP contribution in [0.15, 0.2) is 5.38 Å². The van der Waals surface area contributed by atoms with Crippen molar-refractivity contribution in [3.63, 3.8) is 0 Å². The first kappa shape index (κ1) is 16.7. The van der Waals surface area contributed by atoms with Crippen LogP contribution in [-0.2, 0) is 0 Å². The van der Waals surface area contributed by atoms with Crippen LogP contribution in [0, 0.1) is 5.92 Å². The van der Waals surface area contributed by atoms with Crippen LogP contribution in [0.25, 0.3) is 0 Å². The first-order valence-corrected chi connectivity index (χ1v) is 7.11. The lowest BCUT2D eigenvalue weighted by molar-refractivity contribution is 0.0946. The van der Waals surface area contributed by atoms with Crippen LogP contribution in [-0.4, -0.2) is 23.5 Å². The fourth-order valence-electron chi connectivity index (χ4n) is 1.90. The second kappa shape index (κ2) is 6.88. The molecule has 1 aromatic heterocycles. The van der Waals surface area contributed by atoms with E-state index in [1.165, 1.54) is 25.7 Å². The number of hydrogen-bond donors (Lipinski definition) is 2. The summed E-state index contributed by atoms with van der Waals surface area (Å²) < 4.78 is 0. The maximum Gasteiger partial charge on any atom is 0.270 e. The second-order valence-corrected chi connectivity index (χ2v) is 5.95. The van der Waals surface area contributed by atoms with E-state index in [1.807, 2.05) is 5.38 Å². The molecule has 0 aliphatic heterocycles. The topological polar surface area (TPSA) is 68.0 Å². The number of nitrogens with two attached hydrogens (primary N) is 1. The molecule has 2 saturated carbocycles. The molecule has 0 spiro atoms. The van der Waals surface area contributed by atoms with Crippen molar-refractivity contribution >= 4 is 42.1 Å². The number of rotatable bonds is 5. The minimum absolute atomic E-state index is 0. The number of aromatic nitrogens is 1. The molecule has 0 aromatic carbocycles. The van der Waals surface area contributed by atoms with Gasteiger partial charge < -0.3 is 11.1 Å². The summed E-state index contributed by atoms with van der Waals surface area (Å²) in [6.45, 7) is 0.569. The van der Waals surface area contributed by atoms with Gasteiger partial charge in [-0.2, -0.15) is 0 Å². The van der Waals surface area contributed by atoms with E-state index in [4.69, 9.17) is 5.73 Å². The zero-order valence-electron chi connectivity index (χ0n) is 10.5. The van der Waals surface area contributed by atoms with Gasteiger partial charge in [0.15, 0.2) is 0 Å². The SMILES string of the molecule is Cl.Cl.NC(CNC(=O)c1csc(C2CC2)n1)C1CC1. The molecule has 1 heterocycles. The van der Waals surface area contributed by atoms with Gasteiger partial charge >= 0.3 is 0 Å². The third-order valence-electron chi connectivity index (χ3n) is 3.41. The Balaban J connectivity index is 0.000000902. The van der Waals surface area contributed by atoms with Crippen LogP contribution in [0.4, 0.5) is 0 Å². The number of nitrogens with one attached hydrogen (secondary N) is 1. The summed E-state index contributed by atoms with van der Waals surface area (Å²) in [7, 11) is 0. The fraction of sp³-hybridized carbons (Fsp3) is 0.667. The molecule has 2 fully saturated rings. The van der Waals surface area contributed by atoms with E-state index in [2.05, 4.69) is 10.3 Å². The average Bonchev–Trinajstić information content (AvgIpc) is 3.23. The molecule has 108 valence electrons. The highest BCUT2D eigenvalue weighted by molar-refractivity contribution is 7.10. The molecule has 2 aliphatic rings. The van der Waals surface area contributed by atoms with E-state index >= 15 is 0 Å². The number of carbonyl (C=O) groups excluding carboxylic acids is 1. The first-order valence-electron chi connectivity index (χ1n) is 6.23. The van der Waals surface area contributed by atoms with E-state index in [1.54, 1.807) is 11.3 Å². The minimum Gasteiger partial charge on any atom is -0.349 e. The normalized spacial score (nSPS) is 19.0. The minimum atomic E-state index is -0.0794. The molecule has 0 saturated heterocycles. The molecular formula is C12H19Cl2N3OS. The molecule has 0 radical (unpaired) electrons. The monoisotopic (exact) mass is 323 g/mol. The molecule has 1 atom stereocenters. The zero-order valence-corrected chi connectivity index (χ0v) is 13.0. The van der Waals surface area contributed by atoms with Crippen molar-refractivity contribution in [3.8, 4) is 0 Å². The summed E-state index contributed by atoms with van der Waals surface area (Å²) in [6.07, 6.45) is 4.86. The Morgan fingerprint density at radius 3 is 2.68 bits per heavy atom. The van der Waals surface area contributed by atoms with Crippen molar-refractivity contribution in [1.29, 1.82) is 0 Å². The largest absolute Gasteiger partial charge is 0.349 e. The Labute approximate surface area is 129 Å². The third-order valence-corrected chi connectivity index (χ3v) is 4.41. The molecule has 1 unspecified atom stereocenters. The third kappa shape index (κ3) is 4.31. The molecule has 7 heteroatoms. The lowest BCUT2D eigenvalue weighted by atomic mass is 10.2. The van der Waals surface area contributed by atoms with Gasteiger partial charge in [0.2, 0.25) is 0 Å². The second-order valence-electron chi connectivity index (χ2n) is 5.06. The summed E-state index contributed by atoms with van der Waals surface area (Å²) >= 11 is 1.60. The highest BCUT2D eigenvalue weighted by Crippen LogP contribution is 2.41. The number of nitrogens with zero attached hydrogens (tertiary/aromatic N) is 1. The van der Waals surface area contributed by atoms with Crippen molar-refractivity contribution in [1.82, 2.24) is 10.3 Å². The van der Waals surface area contributed by atoms with Gasteiger partial charge in [-0.15, -0.1) is 36.2 Å². The number of carbonyl (C=O) groups is 1. The zero-order chi connectivity index (χ0) is 11.8. The van der Waals surface area contributed by atoms with Gasteiger partial charge in [0.25, 0.3) is 5.91 Å². The molecule has 1 amide bonds. The quantitative estimate of drug-likeness (QED) is 0.873. The molecule has 3 rings (SSSR count). The molecule has 4 nitrogen and oxygen atoms in total. The van der Waals surface area contributed by atoms with Crippen molar-refractivity contribution in [3.05, 3.63) is 16.1 Å². The van der Waals surface area contributed by atoms with Crippen LogP contribution in [0.2, 0.25) is 0 Å².